The SMILES string of the molecule is COc1cc(/C=C(\C)[N+](=O)[O-])ccc1Br. The average Bonchev–Trinajstić information content (AvgIpc) is 2.20. The molecule has 0 radical (unpaired) electrons. The van der Waals surface area contributed by atoms with Crippen LogP contribution in [0.2, 0.25) is 0 Å². The number of hydrogen-bond donors (Lipinski definition) is 0. The average molecular weight is 272 g/mol. The van der Waals surface area contributed by atoms with Crippen LogP contribution in [0.25, 0.3) is 6.08 Å². The quantitative estimate of drug-likeness (QED) is 0.627. The molecule has 0 unspecified atom stereocenters. The first-order chi connectivity index (χ1) is 7.04. The van der Waals surface area contributed by atoms with Gasteiger partial charge in [-0.05, 0) is 33.6 Å². The van der Waals surface area contributed by atoms with Gasteiger partial charge in [0.05, 0.1) is 16.5 Å². The van der Waals surface area contributed by atoms with E-state index >= 15 is 0 Å². The first-order valence-electron chi connectivity index (χ1n) is 4.21. The number of benzene rings is 1. The van der Waals surface area contributed by atoms with Crippen LogP contribution in [0, 0.1) is 10.1 Å². The smallest absolute Gasteiger partial charge is 0.243 e. The molecule has 0 amide bonds. The second-order valence-electron chi connectivity index (χ2n) is 2.94. The maximum atomic E-state index is 10.4. The molecular weight excluding hydrogens is 262 g/mol. The maximum absolute atomic E-state index is 10.4. The molecule has 4 nitrogen and oxygen atoms in total. The molecule has 0 fully saturated rings. The predicted molar refractivity (Wildman–Crippen MR) is 61.3 cm³/mol. The van der Waals surface area contributed by atoms with Gasteiger partial charge in [-0.3, -0.25) is 10.1 Å². The van der Waals surface area contributed by atoms with Gasteiger partial charge in [-0.1, -0.05) is 6.07 Å². The van der Waals surface area contributed by atoms with Gasteiger partial charge < -0.3 is 4.74 Å². The van der Waals surface area contributed by atoms with Crippen LogP contribution < -0.4 is 4.74 Å². The van der Waals surface area contributed by atoms with Crippen molar-refractivity contribution in [1.82, 2.24) is 0 Å². The van der Waals surface area contributed by atoms with E-state index in [2.05, 4.69) is 15.9 Å². The molecule has 0 aliphatic carbocycles. The van der Waals surface area contributed by atoms with E-state index in [1.54, 1.807) is 25.3 Å². The van der Waals surface area contributed by atoms with Gasteiger partial charge in [0.15, 0.2) is 0 Å². The van der Waals surface area contributed by atoms with Crippen LogP contribution in [0.4, 0.5) is 0 Å². The topological polar surface area (TPSA) is 52.4 Å². The van der Waals surface area contributed by atoms with Crippen LogP contribution in [-0.4, -0.2) is 12.0 Å². The number of nitrogens with zero attached hydrogens (tertiary/aromatic N) is 1. The molecule has 1 aromatic carbocycles. The number of allylic oxidation sites excluding steroid dienone is 1. The number of rotatable bonds is 3. The first kappa shape index (κ1) is 11.7. The summed E-state index contributed by atoms with van der Waals surface area (Å²) in [6.07, 6.45) is 1.50. The van der Waals surface area contributed by atoms with Gasteiger partial charge in [0.2, 0.25) is 5.70 Å². The van der Waals surface area contributed by atoms with E-state index in [-0.39, 0.29) is 5.70 Å². The summed E-state index contributed by atoms with van der Waals surface area (Å²) in [5.41, 5.74) is 0.837. The summed E-state index contributed by atoms with van der Waals surface area (Å²) in [6, 6.07) is 5.30. The van der Waals surface area contributed by atoms with Gasteiger partial charge in [-0.2, -0.15) is 0 Å². The Labute approximate surface area is 95.8 Å². The summed E-state index contributed by atoms with van der Waals surface area (Å²) in [5.74, 6) is 0.653. The molecule has 0 aliphatic rings. The van der Waals surface area contributed by atoms with Gasteiger partial charge in [0, 0.05) is 13.0 Å². The molecule has 1 aromatic rings. The Morgan fingerprint density at radius 3 is 2.80 bits per heavy atom. The molecule has 5 heteroatoms. The molecule has 0 saturated carbocycles. The fraction of sp³-hybridized carbons (Fsp3) is 0.200. The first-order valence-corrected chi connectivity index (χ1v) is 5.00. The van der Waals surface area contributed by atoms with Gasteiger partial charge >= 0.3 is 0 Å². The number of halogens is 1. The molecule has 80 valence electrons. The molecule has 0 bridgehead atoms. The molecule has 0 heterocycles. The third-order valence-corrected chi connectivity index (χ3v) is 2.49. The minimum Gasteiger partial charge on any atom is -0.496 e. The minimum absolute atomic E-state index is 0.0966. The van der Waals surface area contributed by atoms with Gasteiger partial charge in [-0.15, -0.1) is 0 Å². The lowest BCUT2D eigenvalue weighted by atomic mass is 10.2. The number of hydrogen-bond acceptors (Lipinski definition) is 3. The van der Waals surface area contributed by atoms with Crippen LogP contribution in [0.15, 0.2) is 28.4 Å². The molecule has 15 heavy (non-hydrogen) atoms. The summed E-state index contributed by atoms with van der Waals surface area (Å²) in [5, 5.41) is 10.4. The fourth-order valence-electron chi connectivity index (χ4n) is 1.06. The normalized spacial score (nSPS) is 11.3. The molecule has 0 atom stereocenters. The second-order valence-corrected chi connectivity index (χ2v) is 3.79. The lowest BCUT2D eigenvalue weighted by molar-refractivity contribution is -0.422. The van der Waals surface area contributed by atoms with Gasteiger partial charge in [0.1, 0.15) is 5.75 Å². The van der Waals surface area contributed by atoms with E-state index in [1.807, 2.05) is 0 Å². The monoisotopic (exact) mass is 271 g/mol. The Kier molecular flexibility index (Phi) is 3.85. The van der Waals surface area contributed by atoms with Crippen molar-refractivity contribution in [2.45, 2.75) is 6.92 Å². The molecule has 0 aromatic heterocycles. The van der Waals surface area contributed by atoms with Crippen molar-refractivity contribution < 1.29 is 9.66 Å². The fourth-order valence-corrected chi connectivity index (χ4v) is 1.47. The van der Waals surface area contributed by atoms with Crippen molar-refractivity contribution in [2.24, 2.45) is 0 Å². The predicted octanol–water partition coefficient (Wildman–Crippen LogP) is 3.10. The Morgan fingerprint density at radius 1 is 1.60 bits per heavy atom. The molecule has 0 saturated heterocycles. The number of nitro groups is 1. The third-order valence-electron chi connectivity index (χ3n) is 1.84. The van der Waals surface area contributed by atoms with E-state index in [0.29, 0.717) is 5.75 Å². The summed E-state index contributed by atoms with van der Waals surface area (Å²) >= 11 is 3.31. The van der Waals surface area contributed by atoms with Crippen molar-refractivity contribution in [3.63, 3.8) is 0 Å². The van der Waals surface area contributed by atoms with E-state index < -0.39 is 4.92 Å². The van der Waals surface area contributed by atoms with E-state index in [0.717, 1.165) is 10.0 Å². The van der Waals surface area contributed by atoms with Crippen molar-refractivity contribution in [3.8, 4) is 5.75 Å². The number of methoxy groups -OCH3 is 1. The van der Waals surface area contributed by atoms with Crippen molar-refractivity contribution in [2.75, 3.05) is 7.11 Å². The molecule has 0 N–H and O–H groups in total. The van der Waals surface area contributed by atoms with Crippen LogP contribution >= 0.6 is 15.9 Å². The highest BCUT2D eigenvalue weighted by Gasteiger charge is 2.04. The Hall–Kier alpha value is -1.36. The molecule has 0 aliphatic heterocycles. The van der Waals surface area contributed by atoms with E-state index in [9.17, 15) is 10.1 Å². The largest absolute Gasteiger partial charge is 0.496 e. The van der Waals surface area contributed by atoms with Crippen molar-refractivity contribution >= 4 is 22.0 Å². The standard InChI is InChI=1S/C10H10BrNO3/c1-7(12(13)14)5-8-3-4-9(11)10(6-8)15-2/h3-6H,1-2H3/b7-5+. The van der Waals surface area contributed by atoms with Gasteiger partial charge in [-0.25, -0.2) is 0 Å². The highest BCUT2D eigenvalue weighted by molar-refractivity contribution is 9.10. The highest BCUT2D eigenvalue weighted by Crippen LogP contribution is 2.26. The lowest BCUT2D eigenvalue weighted by Crippen LogP contribution is -1.93. The van der Waals surface area contributed by atoms with Crippen LogP contribution in [0.1, 0.15) is 12.5 Å². The summed E-state index contributed by atoms with van der Waals surface area (Å²) in [6.45, 7) is 1.45. The van der Waals surface area contributed by atoms with Crippen molar-refractivity contribution in [3.05, 3.63) is 44.0 Å². The van der Waals surface area contributed by atoms with Gasteiger partial charge in [0.25, 0.3) is 0 Å². The van der Waals surface area contributed by atoms with Crippen LogP contribution in [0.3, 0.4) is 0 Å². The van der Waals surface area contributed by atoms with Crippen molar-refractivity contribution in [1.29, 1.82) is 0 Å². The number of ether oxygens (including phenoxy) is 1. The zero-order chi connectivity index (χ0) is 11.4. The maximum Gasteiger partial charge on any atom is 0.243 e. The van der Waals surface area contributed by atoms with E-state index in [1.165, 1.54) is 13.0 Å². The minimum atomic E-state index is -0.422. The summed E-state index contributed by atoms with van der Waals surface area (Å²) < 4.78 is 5.90. The molecule has 1 rings (SSSR count). The zero-order valence-corrected chi connectivity index (χ0v) is 9.95. The highest BCUT2D eigenvalue weighted by atomic mass is 79.9. The van der Waals surface area contributed by atoms with Crippen LogP contribution in [-0.2, 0) is 0 Å². The second kappa shape index (κ2) is 4.93. The third kappa shape index (κ3) is 3.06. The Bertz CT molecular complexity index is 415. The van der Waals surface area contributed by atoms with E-state index in [4.69, 9.17) is 4.74 Å². The zero-order valence-electron chi connectivity index (χ0n) is 8.36. The Morgan fingerprint density at radius 2 is 2.27 bits per heavy atom. The molecule has 0 spiro atoms. The lowest BCUT2D eigenvalue weighted by Gasteiger charge is -2.03. The molecular formula is C10H10BrNO3. The van der Waals surface area contributed by atoms with Crippen LogP contribution in [0.5, 0.6) is 5.75 Å². The Balaban J connectivity index is 3.07. The summed E-state index contributed by atoms with van der Waals surface area (Å²) in [4.78, 5) is 10.00. The summed E-state index contributed by atoms with van der Waals surface area (Å²) in [7, 11) is 1.55.